The molecule has 0 aliphatic rings. The van der Waals surface area contributed by atoms with E-state index in [0.717, 1.165) is 18.7 Å². The fourth-order valence-electron chi connectivity index (χ4n) is 1.22. The smallest absolute Gasteiger partial charge is 0.119 e. The minimum atomic E-state index is 0.671. The molecule has 0 spiro atoms. The monoisotopic (exact) mass is 232 g/mol. The van der Waals surface area contributed by atoms with E-state index in [2.05, 4.69) is 61.8 Å². The van der Waals surface area contributed by atoms with Crippen LogP contribution < -0.4 is 0 Å². The Morgan fingerprint density at radius 3 is 2.41 bits per heavy atom. The maximum Gasteiger partial charge on any atom is 0.119 e. The summed E-state index contributed by atoms with van der Waals surface area (Å²) in [7, 11) is 0. The molecule has 0 unspecified atom stereocenters. The van der Waals surface area contributed by atoms with Crippen LogP contribution in [-0.4, -0.2) is 19.1 Å². The Labute approximate surface area is 106 Å². The van der Waals surface area contributed by atoms with Crippen LogP contribution >= 0.6 is 0 Å². The standard InChI is InChI=1S/C15H24N2/c1-6-15(10-7-9-13(2)3)11-8-12-17-14(4)16-5/h8-11H,5-7,12H2,1-4H3/b11-8+,15-10-,17-14-. The van der Waals surface area contributed by atoms with Gasteiger partial charge in [-0.3, -0.25) is 4.99 Å². The van der Waals surface area contributed by atoms with Gasteiger partial charge < -0.3 is 0 Å². The van der Waals surface area contributed by atoms with Crippen LogP contribution in [0.5, 0.6) is 0 Å². The molecular formula is C15H24N2. The van der Waals surface area contributed by atoms with Crippen LogP contribution in [0.4, 0.5) is 0 Å². The summed E-state index contributed by atoms with van der Waals surface area (Å²) in [5.41, 5.74) is 2.71. The molecule has 17 heavy (non-hydrogen) atoms. The third-order valence-corrected chi connectivity index (χ3v) is 2.30. The van der Waals surface area contributed by atoms with Crippen molar-refractivity contribution in [2.75, 3.05) is 6.54 Å². The average molecular weight is 232 g/mol. The Hall–Kier alpha value is -1.44. The highest BCUT2D eigenvalue weighted by Crippen LogP contribution is 2.06. The molecule has 2 heteroatoms. The van der Waals surface area contributed by atoms with Gasteiger partial charge in [0.25, 0.3) is 0 Å². The molecule has 0 aliphatic carbocycles. The van der Waals surface area contributed by atoms with Gasteiger partial charge in [0, 0.05) is 0 Å². The summed E-state index contributed by atoms with van der Waals surface area (Å²) < 4.78 is 0. The quantitative estimate of drug-likeness (QED) is 0.281. The van der Waals surface area contributed by atoms with Crippen molar-refractivity contribution < 1.29 is 0 Å². The number of allylic oxidation sites excluding steroid dienone is 5. The first kappa shape index (κ1) is 15.6. The Balaban J connectivity index is 4.25. The lowest BCUT2D eigenvalue weighted by Crippen LogP contribution is -1.85. The van der Waals surface area contributed by atoms with Gasteiger partial charge in [-0.05, 0) is 40.3 Å². The van der Waals surface area contributed by atoms with Gasteiger partial charge in [0.05, 0.1) is 6.54 Å². The van der Waals surface area contributed by atoms with Crippen LogP contribution in [0.3, 0.4) is 0 Å². The Bertz CT molecular complexity index is 340. The summed E-state index contributed by atoms with van der Waals surface area (Å²) in [5, 5.41) is 0. The van der Waals surface area contributed by atoms with E-state index in [1.807, 2.05) is 6.92 Å². The number of rotatable bonds is 6. The summed E-state index contributed by atoms with van der Waals surface area (Å²) in [4.78, 5) is 7.96. The lowest BCUT2D eigenvalue weighted by atomic mass is 10.1. The van der Waals surface area contributed by atoms with Gasteiger partial charge in [-0.25, -0.2) is 4.99 Å². The van der Waals surface area contributed by atoms with Crippen molar-refractivity contribution in [2.45, 2.75) is 40.5 Å². The molecule has 0 N–H and O–H groups in total. The highest BCUT2D eigenvalue weighted by molar-refractivity contribution is 5.83. The van der Waals surface area contributed by atoms with Crippen LogP contribution in [0, 0.1) is 0 Å². The molecule has 0 aromatic rings. The van der Waals surface area contributed by atoms with E-state index in [4.69, 9.17) is 0 Å². The predicted molar refractivity (Wildman–Crippen MR) is 79.1 cm³/mol. The third kappa shape index (κ3) is 9.49. The fraction of sp³-hybridized carbons (Fsp3) is 0.467. The van der Waals surface area contributed by atoms with E-state index in [-0.39, 0.29) is 0 Å². The molecule has 0 saturated heterocycles. The van der Waals surface area contributed by atoms with Crippen molar-refractivity contribution in [3.05, 3.63) is 35.5 Å². The zero-order valence-electron chi connectivity index (χ0n) is 11.5. The molecule has 0 aliphatic heterocycles. The first-order valence-corrected chi connectivity index (χ1v) is 6.06. The molecule has 0 saturated carbocycles. The normalized spacial score (nSPS) is 12.9. The van der Waals surface area contributed by atoms with Crippen LogP contribution in [0.1, 0.15) is 40.5 Å². The van der Waals surface area contributed by atoms with E-state index < -0.39 is 0 Å². The average Bonchev–Trinajstić information content (AvgIpc) is 2.31. The van der Waals surface area contributed by atoms with Gasteiger partial charge >= 0.3 is 0 Å². The molecule has 0 fully saturated rings. The zero-order chi connectivity index (χ0) is 13.1. The van der Waals surface area contributed by atoms with Crippen molar-refractivity contribution in [1.82, 2.24) is 0 Å². The molecule has 2 nitrogen and oxygen atoms in total. The summed E-state index contributed by atoms with van der Waals surface area (Å²) in [5.74, 6) is 0.737. The second kappa shape index (κ2) is 9.76. The molecule has 0 heterocycles. The minimum Gasteiger partial charge on any atom is -0.267 e. The zero-order valence-corrected chi connectivity index (χ0v) is 11.5. The van der Waals surface area contributed by atoms with Crippen LogP contribution in [0.25, 0.3) is 0 Å². The maximum atomic E-state index is 4.22. The minimum absolute atomic E-state index is 0.671. The van der Waals surface area contributed by atoms with E-state index in [9.17, 15) is 0 Å². The topological polar surface area (TPSA) is 24.7 Å². The number of aliphatic imine (C=N–C) groups is 2. The highest BCUT2D eigenvalue weighted by Gasteiger charge is 1.87. The Morgan fingerprint density at radius 1 is 1.18 bits per heavy atom. The summed E-state index contributed by atoms with van der Waals surface area (Å²) >= 11 is 0. The molecule has 0 rings (SSSR count). The SMILES string of the molecule is C=N/C(C)=N\C/C=C/C(=C\CC=C(C)C)CC. The van der Waals surface area contributed by atoms with Crippen molar-refractivity contribution in [1.29, 1.82) is 0 Å². The van der Waals surface area contributed by atoms with E-state index in [1.54, 1.807) is 0 Å². The van der Waals surface area contributed by atoms with E-state index in [1.165, 1.54) is 11.1 Å². The molecule has 0 radical (unpaired) electrons. The first-order valence-electron chi connectivity index (χ1n) is 6.06. The summed E-state index contributed by atoms with van der Waals surface area (Å²) in [6.07, 6.45) is 10.7. The molecule has 0 aromatic heterocycles. The van der Waals surface area contributed by atoms with Crippen molar-refractivity contribution in [2.24, 2.45) is 9.98 Å². The second-order valence-electron chi connectivity index (χ2n) is 4.10. The first-order chi connectivity index (χ1) is 8.10. The van der Waals surface area contributed by atoms with Gasteiger partial charge in [-0.15, -0.1) is 0 Å². The number of amidine groups is 1. The van der Waals surface area contributed by atoms with Crippen LogP contribution in [-0.2, 0) is 0 Å². The Morgan fingerprint density at radius 2 is 1.88 bits per heavy atom. The highest BCUT2D eigenvalue weighted by atomic mass is 14.9. The molecular weight excluding hydrogens is 208 g/mol. The molecule has 0 aromatic carbocycles. The number of hydrogen-bond donors (Lipinski definition) is 0. The van der Waals surface area contributed by atoms with Gasteiger partial charge in [-0.2, -0.15) is 0 Å². The fourth-order valence-corrected chi connectivity index (χ4v) is 1.22. The van der Waals surface area contributed by atoms with Crippen molar-refractivity contribution in [3.63, 3.8) is 0 Å². The molecule has 0 atom stereocenters. The number of nitrogens with zero attached hydrogens (tertiary/aromatic N) is 2. The molecule has 0 amide bonds. The van der Waals surface area contributed by atoms with E-state index >= 15 is 0 Å². The van der Waals surface area contributed by atoms with Crippen molar-refractivity contribution >= 4 is 12.6 Å². The maximum absolute atomic E-state index is 4.22. The summed E-state index contributed by atoms with van der Waals surface area (Å²) in [6.45, 7) is 12.4. The second-order valence-corrected chi connectivity index (χ2v) is 4.10. The van der Waals surface area contributed by atoms with Gasteiger partial charge in [-0.1, -0.05) is 42.4 Å². The number of hydrogen-bond acceptors (Lipinski definition) is 1. The van der Waals surface area contributed by atoms with Crippen LogP contribution in [0.15, 0.2) is 45.4 Å². The van der Waals surface area contributed by atoms with Crippen LogP contribution in [0.2, 0.25) is 0 Å². The Kier molecular flexibility index (Phi) is 8.94. The molecule has 94 valence electrons. The lowest BCUT2D eigenvalue weighted by Gasteiger charge is -1.96. The van der Waals surface area contributed by atoms with E-state index in [0.29, 0.717) is 6.54 Å². The van der Waals surface area contributed by atoms with Gasteiger partial charge in [0.15, 0.2) is 0 Å². The van der Waals surface area contributed by atoms with Gasteiger partial charge in [0.1, 0.15) is 5.84 Å². The van der Waals surface area contributed by atoms with Gasteiger partial charge in [0.2, 0.25) is 0 Å². The predicted octanol–water partition coefficient (Wildman–Crippen LogP) is 4.35. The van der Waals surface area contributed by atoms with Crippen molar-refractivity contribution in [3.8, 4) is 0 Å². The lowest BCUT2D eigenvalue weighted by molar-refractivity contribution is 1.11. The summed E-state index contributed by atoms with van der Waals surface area (Å²) in [6, 6.07) is 0. The molecule has 0 bridgehead atoms. The largest absolute Gasteiger partial charge is 0.267 e. The third-order valence-electron chi connectivity index (χ3n) is 2.30.